The third-order valence-corrected chi connectivity index (χ3v) is 2.08. The molecule has 0 aromatic rings. The predicted octanol–water partition coefficient (Wildman–Crippen LogP) is -0.756. The molecule has 1 rings (SSSR count). The third kappa shape index (κ3) is 5.16. The van der Waals surface area contributed by atoms with E-state index in [9.17, 15) is 4.79 Å². The van der Waals surface area contributed by atoms with Gasteiger partial charge in [0.25, 0.3) is 0 Å². The van der Waals surface area contributed by atoms with Crippen molar-refractivity contribution in [1.82, 2.24) is 0 Å². The number of hydrogen-bond acceptors (Lipinski definition) is 5. The van der Waals surface area contributed by atoms with Crippen molar-refractivity contribution in [2.75, 3.05) is 13.2 Å². The summed E-state index contributed by atoms with van der Waals surface area (Å²) < 4.78 is 5.23. The van der Waals surface area contributed by atoms with Crippen LogP contribution in [0.4, 0.5) is 0 Å². The van der Waals surface area contributed by atoms with Gasteiger partial charge in [0.2, 0.25) is 6.29 Å². The topological polar surface area (TPSA) is 133 Å². The fraction of sp³-hybridized carbons (Fsp3) is 0.667. The summed E-state index contributed by atoms with van der Waals surface area (Å²) >= 11 is 0. The van der Waals surface area contributed by atoms with Crippen LogP contribution >= 0.6 is 0 Å². The Balaban J connectivity index is 2.50. The molecule has 0 spiro atoms. The third-order valence-electron chi connectivity index (χ3n) is 2.08. The summed E-state index contributed by atoms with van der Waals surface area (Å²) in [6, 6.07) is 0. The maximum atomic E-state index is 10.8. The average Bonchev–Trinajstić information content (AvgIpc) is 2.29. The van der Waals surface area contributed by atoms with Crippen LogP contribution in [0.5, 0.6) is 0 Å². The van der Waals surface area contributed by atoms with E-state index in [2.05, 4.69) is 10.1 Å². The lowest BCUT2D eigenvalue weighted by atomic mass is 10.2. The van der Waals surface area contributed by atoms with Gasteiger partial charge >= 0.3 is 5.97 Å². The number of rotatable bonds is 5. The Bertz CT molecular complexity index is 319. The molecule has 0 aliphatic carbocycles. The zero-order chi connectivity index (χ0) is 12.7. The minimum absolute atomic E-state index is 0.201. The number of oxime groups is 1. The van der Waals surface area contributed by atoms with Gasteiger partial charge in [0, 0.05) is 6.42 Å². The zero-order valence-electron chi connectivity index (χ0n) is 9.33. The number of carboxylic acids is 1. The van der Waals surface area contributed by atoms with Gasteiger partial charge in [-0.2, -0.15) is 0 Å². The first-order chi connectivity index (χ1) is 8.09. The van der Waals surface area contributed by atoms with Gasteiger partial charge in [-0.05, 0) is 12.8 Å². The molecule has 0 aromatic heterocycles. The summed E-state index contributed by atoms with van der Waals surface area (Å²) in [4.78, 5) is 19.3. The smallest absolute Gasteiger partial charge is 0.355 e. The van der Waals surface area contributed by atoms with Crippen molar-refractivity contribution in [3.05, 3.63) is 0 Å². The van der Waals surface area contributed by atoms with Crippen molar-refractivity contribution in [1.29, 1.82) is 0 Å². The summed E-state index contributed by atoms with van der Waals surface area (Å²) in [5.41, 5.74) is 9.92. The molecule has 0 radical (unpaired) electrons. The van der Waals surface area contributed by atoms with Crippen LogP contribution in [0.3, 0.4) is 0 Å². The van der Waals surface area contributed by atoms with Crippen molar-refractivity contribution in [2.45, 2.75) is 25.6 Å². The standard InChI is InChI=1S/C9H16N4O4/c10-9(11)12-5-6(8(14)15)13-17-7-3-1-2-4-16-7/h7H,1-5H2,(H,14,15)(H4,10,11,12)/b13-6-. The van der Waals surface area contributed by atoms with Crippen LogP contribution in [0.25, 0.3) is 0 Å². The number of aliphatic imine (C=N–C) groups is 1. The van der Waals surface area contributed by atoms with Crippen LogP contribution in [0.2, 0.25) is 0 Å². The molecule has 0 amide bonds. The Morgan fingerprint density at radius 2 is 2.24 bits per heavy atom. The van der Waals surface area contributed by atoms with Gasteiger partial charge < -0.3 is 26.1 Å². The molecule has 1 aliphatic heterocycles. The lowest BCUT2D eigenvalue weighted by Crippen LogP contribution is -2.27. The zero-order valence-corrected chi connectivity index (χ0v) is 9.33. The second-order valence-electron chi connectivity index (χ2n) is 3.49. The maximum absolute atomic E-state index is 10.8. The highest BCUT2D eigenvalue weighted by atomic mass is 16.8. The first kappa shape index (κ1) is 13.2. The van der Waals surface area contributed by atoms with E-state index < -0.39 is 12.3 Å². The quantitative estimate of drug-likeness (QED) is 0.331. The van der Waals surface area contributed by atoms with E-state index in [0.29, 0.717) is 13.0 Å². The predicted molar refractivity (Wildman–Crippen MR) is 60.4 cm³/mol. The lowest BCUT2D eigenvalue weighted by molar-refractivity contribution is -0.162. The molecule has 5 N–H and O–H groups in total. The van der Waals surface area contributed by atoms with E-state index in [1.165, 1.54) is 0 Å². The fourth-order valence-electron chi connectivity index (χ4n) is 1.22. The van der Waals surface area contributed by atoms with E-state index in [4.69, 9.17) is 26.1 Å². The number of carboxylic acid groups (broad SMARTS) is 1. The van der Waals surface area contributed by atoms with Crippen molar-refractivity contribution < 1.29 is 19.5 Å². The first-order valence-corrected chi connectivity index (χ1v) is 5.22. The number of guanidine groups is 1. The van der Waals surface area contributed by atoms with Gasteiger partial charge in [0.05, 0.1) is 13.2 Å². The summed E-state index contributed by atoms with van der Waals surface area (Å²) in [5.74, 6) is -1.43. The normalized spacial score (nSPS) is 20.7. The van der Waals surface area contributed by atoms with Gasteiger partial charge in [-0.15, -0.1) is 0 Å². The molecular formula is C9H16N4O4. The monoisotopic (exact) mass is 244 g/mol. The Morgan fingerprint density at radius 1 is 1.47 bits per heavy atom. The van der Waals surface area contributed by atoms with Crippen LogP contribution in [0.1, 0.15) is 19.3 Å². The van der Waals surface area contributed by atoms with E-state index in [1.54, 1.807) is 0 Å². The van der Waals surface area contributed by atoms with Gasteiger partial charge in [0.1, 0.15) is 0 Å². The second-order valence-corrected chi connectivity index (χ2v) is 3.49. The molecule has 1 heterocycles. The number of hydrogen-bond donors (Lipinski definition) is 3. The number of nitrogens with two attached hydrogens (primary N) is 2. The lowest BCUT2D eigenvalue weighted by Gasteiger charge is -2.20. The highest BCUT2D eigenvalue weighted by molar-refractivity contribution is 6.36. The van der Waals surface area contributed by atoms with Gasteiger partial charge in [-0.1, -0.05) is 5.16 Å². The van der Waals surface area contributed by atoms with Crippen molar-refractivity contribution in [3.63, 3.8) is 0 Å². The fourth-order valence-corrected chi connectivity index (χ4v) is 1.22. The highest BCUT2D eigenvalue weighted by Gasteiger charge is 2.16. The molecule has 0 aromatic carbocycles. The molecule has 17 heavy (non-hydrogen) atoms. The van der Waals surface area contributed by atoms with Crippen molar-refractivity contribution in [2.24, 2.45) is 21.6 Å². The van der Waals surface area contributed by atoms with Crippen LogP contribution in [-0.4, -0.2) is 42.2 Å². The Morgan fingerprint density at radius 3 is 2.76 bits per heavy atom. The number of aliphatic carboxylic acids is 1. The molecule has 8 heteroatoms. The van der Waals surface area contributed by atoms with Gasteiger partial charge in [-0.25, -0.2) is 9.79 Å². The van der Waals surface area contributed by atoms with Gasteiger partial charge in [0.15, 0.2) is 11.7 Å². The van der Waals surface area contributed by atoms with Crippen LogP contribution in [0.15, 0.2) is 10.1 Å². The van der Waals surface area contributed by atoms with Gasteiger partial charge in [-0.3, -0.25) is 0 Å². The Hall–Kier alpha value is -1.83. The van der Waals surface area contributed by atoms with Crippen LogP contribution in [0, 0.1) is 0 Å². The summed E-state index contributed by atoms with van der Waals surface area (Å²) in [5, 5.41) is 12.3. The Kier molecular flexibility index (Phi) is 5.21. The molecule has 0 bridgehead atoms. The largest absolute Gasteiger partial charge is 0.477 e. The van der Waals surface area contributed by atoms with Crippen LogP contribution < -0.4 is 11.5 Å². The average molecular weight is 244 g/mol. The molecular weight excluding hydrogens is 228 g/mol. The summed E-state index contributed by atoms with van der Waals surface area (Å²) in [6.07, 6.45) is 2.15. The number of ether oxygens (including phenoxy) is 1. The minimum atomic E-state index is -1.23. The molecule has 1 atom stereocenters. The Labute approximate surface area is 98.3 Å². The molecule has 1 saturated heterocycles. The van der Waals surface area contributed by atoms with E-state index in [0.717, 1.165) is 12.8 Å². The van der Waals surface area contributed by atoms with E-state index >= 15 is 0 Å². The number of carbonyl (C=O) groups is 1. The first-order valence-electron chi connectivity index (χ1n) is 5.22. The number of nitrogens with zero attached hydrogens (tertiary/aromatic N) is 2. The van der Waals surface area contributed by atoms with E-state index in [1.807, 2.05) is 0 Å². The summed E-state index contributed by atoms with van der Waals surface area (Å²) in [6.45, 7) is 0.362. The molecule has 1 fully saturated rings. The highest BCUT2D eigenvalue weighted by Crippen LogP contribution is 2.13. The van der Waals surface area contributed by atoms with E-state index in [-0.39, 0.29) is 18.2 Å². The molecule has 1 aliphatic rings. The minimum Gasteiger partial charge on any atom is -0.477 e. The maximum Gasteiger partial charge on any atom is 0.355 e. The van der Waals surface area contributed by atoms with Crippen molar-refractivity contribution >= 4 is 17.6 Å². The SMILES string of the molecule is NC(N)=NC/C(=N/OC1CCCCO1)C(=O)O. The van der Waals surface area contributed by atoms with Crippen molar-refractivity contribution in [3.8, 4) is 0 Å². The molecule has 8 nitrogen and oxygen atoms in total. The molecule has 96 valence electrons. The summed E-state index contributed by atoms with van der Waals surface area (Å²) in [7, 11) is 0. The second kappa shape index (κ2) is 6.69. The molecule has 1 unspecified atom stereocenters. The van der Waals surface area contributed by atoms with Crippen LogP contribution in [-0.2, 0) is 14.4 Å². The molecule has 0 saturated carbocycles.